The van der Waals surface area contributed by atoms with Crippen LogP contribution < -0.4 is 5.32 Å². The average molecular weight is 394 g/mol. The van der Waals surface area contributed by atoms with Crippen molar-refractivity contribution >= 4 is 45.2 Å². The summed E-state index contributed by atoms with van der Waals surface area (Å²) in [7, 11) is 0. The first-order chi connectivity index (χ1) is 12.5. The smallest absolute Gasteiger partial charge is 0.317 e. The fourth-order valence-electron chi connectivity index (χ4n) is 3.13. The van der Waals surface area contributed by atoms with Gasteiger partial charge in [0.05, 0.1) is 5.75 Å². The molecule has 2 heterocycles. The lowest BCUT2D eigenvalue weighted by Crippen LogP contribution is -2.46. The summed E-state index contributed by atoms with van der Waals surface area (Å²) in [5, 5.41) is 6.66. The van der Waals surface area contributed by atoms with Crippen LogP contribution in [0.1, 0.15) is 39.5 Å². The molecule has 0 spiro atoms. The van der Waals surface area contributed by atoms with Crippen molar-refractivity contribution in [1.82, 2.24) is 15.3 Å². The highest BCUT2D eigenvalue weighted by Gasteiger charge is 2.26. The van der Waals surface area contributed by atoms with Crippen molar-refractivity contribution in [3.63, 3.8) is 0 Å². The minimum absolute atomic E-state index is 0.111. The second-order valence-corrected chi connectivity index (χ2v) is 8.47. The molecule has 0 radical (unpaired) electrons. The number of carbonyl (C=O) groups excluding carboxylic acids is 2. The Hall–Kier alpha value is -1.67. The van der Waals surface area contributed by atoms with E-state index in [1.165, 1.54) is 35.8 Å². The van der Waals surface area contributed by atoms with Gasteiger partial charge in [-0.05, 0) is 37.1 Å². The predicted molar refractivity (Wildman–Crippen MR) is 103 cm³/mol. The maximum atomic E-state index is 12.3. The molecule has 3 atom stereocenters. The van der Waals surface area contributed by atoms with Crippen LogP contribution in [0.25, 0.3) is 10.2 Å². The first-order valence-corrected chi connectivity index (χ1v) is 10.7. The Labute approximate surface area is 161 Å². The van der Waals surface area contributed by atoms with Crippen LogP contribution in [0.2, 0.25) is 0 Å². The summed E-state index contributed by atoms with van der Waals surface area (Å²) in [6, 6.07) is 2.12. The van der Waals surface area contributed by atoms with Gasteiger partial charge >= 0.3 is 5.97 Å². The summed E-state index contributed by atoms with van der Waals surface area (Å²) in [5.74, 6) is -0.0583. The van der Waals surface area contributed by atoms with E-state index >= 15 is 0 Å². The first kappa shape index (κ1) is 19.1. The Bertz CT molecular complexity index is 780. The van der Waals surface area contributed by atoms with Gasteiger partial charge in [-0.2, -0.15) is 0 Å². The van der Waals surface area contributed by atoms with Crippen LogP contribution in [0.4, 0.5) is 0 Å². The Morgan fingerprint density at radius 1 is 1.38 bits per heavy atom. The summed E-state index contributed by atoms with van der Waals surface area (Å²) in [5.41, 5.74) is 0. The van der Waals surface area contributed by atoms with Crippen LogP contribution in [-0.4, -0.2) is 39.7 Å². The molecular weight excluding hydrogens is 370 g/mol. The Morgan fingerprint density at radius 3 is 3.00 bits per heavy atom. The van der Waals surface area contributed by atoms with Crippen LogP contribution in [0.3, 0.4) is 0 Å². The van der Waals surface area contributed by atoms with E-state index in [0.29, 0.717) is 5.92 Å². The van der Waals surface area contributed by atoms with Gasteiger partial charge in [-0.15, -0.1) is 11.3 Å². The van der Waals surface area contributed by atoms with Crippen LogP contribution in [0.5, 0.6) is 0 Å². The number of nitrogens with zero attached hydrogens (tertiary/aromatic N) is 2. The third-order valence-corrected chi connectivity index (χ3v) is 6.47. The first-order valence-electron chi connectivity index (χ1n) is 8.85. The predicted octanol–water partition coefficient (Wildman–Crippen LogP) is 3.41. The molecule has 2 aromatic heterocycles. The molecule has 0 aliphatic heterocycles. The highest BCUT2D eigenvalue weighted by Crippen LogP contribution is 2.27. The number of carbonyl (C=O) groups is 2. The molecule has 0 saturated heterocycles. The lowest BCUT2D eigenvalue weighted by molar-refractivity contribution is -0.152. The second kappa shape index (κ2) is 8.81. The molecule has 0 bridgehead atoms. The maximum Gasteiger partial charge on any atom is 0.317 e. The number of rotatable bonds is 6. The SMILES string of the molecule is C[C@@H]1CCCC[C@@H]1NC(=O)[C@@H](C)OC(=O)CSc1ncnc2sccc12. The van der Waals surface area contributed by atoms with E-state index in [4.69, 9.17) is 4.74 Å². The van der Waals surface area contributed by atoms with Gasteiger partial charge in [-0.25, -0.2) is 9.97 Å². The van der Waals surface area contributed by atoms with E-state index in [-0.39, 0.29) is 17.7 Å². The van der Waals surface area contributed by atoms with Gasteiger partial charge in [-0.1, -0.05) is 31.5 Å². The van der Waals surface area contributed by atoms with Gasteiger partial charge < -0.3 is 10.1 Å². The zero-order valence-corrected chi connectivity index (χ0v) is 16.6. The molecule has 1 aliphatic carbocycles. The van der Waals surface area contributed by atoms with Crippen molar-refractivity contribution in [2.45, 2.75) is 56.7 Å². The highest BCUT2D eigenvalue weighted by molar-refractivity contribution is 8.00. The molecule has 2 aromatic rings. The number of hydrogen-bond acceptors (Lipinski definition) is 7. The molecule has 1 saturated carbocycles. The molecule has 8 heteroatoms. The number of ether oxygens (including phenoxy) is 1. The second-order valence-electron chi connectivity index (χ2n) is 6.62. The third kappa shape index (κ3) is 4.73. The number of thioether (sulfide) groups is 1. The van der Waals surface area contributed by atoms with Crippen LogP contribution in [-0.2, 0) is 14.3 Å². The molecule has 6 nitrogen and oxygen atoms in total. The van der Waals surface area contributed by atoms with Gasteiger partial charge in [0.25, 0.3) is 5.91 Å². The fraction of sp³-hybridized carbons (Fsp3) is 0.556. The number of thiophene rings is 1. The summed E-state index contributed by atoms with van der Waals surface area (Å²) in [4.78, 5) is 33.7. The van der Waals surface area contributed by atoms with E-state index in [2.05, 4.69) is 22.2 Å². The quantitative estimate of drug-likeness (QED) is 0.460. The number of hydrogen-bond donors (Lipinski definition) is 1. The van der Waals surface area contributed by atoms with Crippen LogP contribution >= 0.6 is 23.1 Å². The molecule has 1 aliphatic rings. The minimum Gasteiger partial charge on any atom is -0.452 e. The normalized spacial score (nSPS) is 21.3. The zero-order valence-electron chi connectivity index (χ0n) is 14.9. The van der Waals surface area contributed by atoms with Crippen molar-refractivity contribution in [3.05, 3.63) is 17.8 Å². The lowest BCUT2D eigenvalue weighted by Gasteiger charge is -2.30. The van der Waals surface area contributed by atoms with E-state index < -0.39 is 12.1 Å². The van der Waals surface area contributed by atoms with Gasteiger partial charge in [0.15, 0.2) is 6.10 Å². The number of aromatic nitrogens is 2. The standard InChI is InChI=1S/C18H23N3O3S2/c1-11-5-3-4-6-14(11)21-16(23)12(2)24-15(22)9-26-18-13-7-8-25-17(13)19-10-20-18/h7-8,10-12,14H,3-6,9H2,1-2H3,(H,21,23)/t11-,12-,14+/m1/s1. The van der Waals surface area contributed by atoms with E-state index in [9.17, 15) is 9.59 Å². The van der Waals surface area contributed by atoms with E-state index in [0.717, 1.165) is 34.5 Å². The Morgan fingerprint density at radius 2 is 2.19 bits per heavy atom. The number of fused-ring (bicyclic) bond motifs is 1. The number of nitrogens with one attached hydrogen (secondary N) is 1. The van der Waals surface area contributed by atoms with Gasteiger partial charge in [0, 0.05) is 11.4 Å². The monoisotopic (exact) mass is 393 g/mol. The minimum atomic E-state index is -0.788. The molecule has 140 valence electrons. The number of amides is 1. The van der Waals surface area contributed by atoms with Crippen LogP contribution in [0, 0.1) is 5.92 Å². The Balaban J connectivity index is 1.48. The summed E-state index contributed by atoms with van der Waals surface area (Å²) in [6.45, 7) is 3.78. The molecule has 1 fully saturated rings. The highest BCUT2D eigenvalue weighted by atomic mass is 32.2. The molecule has 3 rings (SSSR count). The molecule has 1 N–H and O–H groups in total. The van der Waals surface area contributed by atoms with Gasteiger partial charge in [0.1, 0.15) is 16.2 Å². The summed E-state index contributed by atoms with van der Waals surface area (Å²) in [6.07, 6.45) is 5.18. The third-order valence-electron chi connectivity index (χ3n) is 4.67. The van der Waals surface area contributed by atoms with Crippen molar-refractivity contribution in [2.24, 2.45) is 5.92 Å². The van der Waals surface area contributed by atoms with Crippen molar-refractivity contribution in [3.8, 4) is 0 Å². The van der Waals surface area contributed by atoms with Crippen molar-refractivity contribution in [1.29, 1.82) is 0 Å². The lowest BCUT2D eigenvalue weighted by atomic mass is 9.86. The van der Waals surface area contributed by atoms with Crippen molar-refractivity contribution in [2.75, 3.05) is 5.75 Å². The summed E-state index contributed by atoms with van der Waals surface area (Å²) >= 11 is 2.84. The topological polar surface area (TPSA) is 81.2 Å². The molecule has 26 heavy (non-hydrogen) atoms. The van der Waals surface area contributed by atoms with Gasteiger partial charge in [0.2, 0.25) is 0 Å². The Kier molecular flexibility index (Phi) is 6.48. The molecular formula is C18H23N3O3S2. The molecule has 0 aromatic carbocycles. The van der Waals surface area contributed by atoms with E-state index in [1.54, 1.807) is 6.92 Å². The van der Waals surface area contributed by atoms with Crippen LogP contribution in [0.15, 0.2) is 22.8 Å². The summed E-state index contributed by atoms with van der Waals surface area (Å²) < 4.78 is 5.29. The van der Waals surface area contributed by atoms with Crippen molar-refractivity contribution < 1.29 is 14.3 Å². The largest absolute Gasteiger partial charge is 0.452 e. The fourth-order valence-corrected chi connectivity index (χ4v) is 4.69. The molecule has 0 unspecified atom stereocenters. The van der Waals surface area contributed by atoms with Gasteiger partial charge in [-0.3, -0.25) is 9.59 Å². The number of esters is 1. The maximum absolute atomic E-state index is 12.3. The van der Waals surface area contributed by atoms with E-state index in [1.807, 2.05) is 11.4 Å². The molecule has 1 amide bonds. The zero-order chi connectivity index (χ0) is 18.5. The average Bonchev–Trinajstić information content (AvgIpc) is 3.11.